The molecule has 23 heteroatoms. The number of aliphatic hydroxyl groups excluding tert-OH is 5. The molecule has 2 fully saturated rings. The molecule has 0 aliphatic carbocycles. The molecule has 0 amide bonds. The fourth-order valence-corrected chi connectivity index (χ4v) is 4.90. The van der Waals surface area contributed by atoms with Gasteiger partial charge in [0, 0.05) is 0 Å². The summed E-state index contributed by atoms with van der Waals surface area (Å²) in [6, 6.07) is 0. The van der Waals surface area contributed by atoms with Crippen LogP contribution in [-0.4, -0.2) is 124 Å². The Kier molecular flexibility index (Phi) is 8.43. The second-order valence-electron chi connectivity index (χ2n) is 9.42. The van der Waals surface area contributed by atoms with Crippen LogP contribution >= 0.6 is 7.82 Å². The Hall–Kier alpha value is -3.67. The summed E-state index contributed by atoms with van der Waals surface area (Å²) in [5, 5.41) is 48.8. The number of imidazole rings is 2. The molecule has 0 radical (unpaired) electrons. The van der Waals surface area contributed by atoms with Crippen molar-refractivity contribution < 1.29 is 53.9 Å². The molecule has 234 valence electrons. The van der Waals surface area contributed by atoms with E-state index < -0.39 is 75.7 Å². The fourth-order valence-electron chi connectivity index (χ4n) is 4.56. The Labute approximate surface area is 238 Å². The molecular formula is C20H27N10O12P. The van der Waals surface area contributed by atoms with Gasteiger partial charge in [0.25, 0.3) is 5.56 Å². The van der Waals surface area contributed by atoms with Gasteiger partial charge in [-0.05, 0) is 0 Å². The number of phosphoric ester groups is 1. The molecule has 2 saturated heterocycles. The van der Waals surface area contributed by atoms with Crippen LogP contribution in [0, 0.1) is 0 Å². The summed E-state index contributed by atoms with van der Waals surface area (Å²) in [4.78, 5) is 51.0. The van der Waals surface area contributed by atoms with Crippen LogP contribution in [0.1, 0.15) is 12.5 Å². The Bertz CT molecular complexity index is 1710. The second kappa shape index (κ2) is 11.8. The molecule has 8 atom stereocenters. The van der Waals surface area contributed by atoms with E-state index in [4.69, 9.17) is 35.8 Å². The van der Waals surface area contributed by atoms with Gasteiger partial charge in [-0.1, -0.05) is 0 Å². The molecule has 0 unspecified atom stereocenters. The summed E-state index contributed by atoms with van der Waals surface area (Å²) in [7, 11) is -4.76. The first-order valence-electron chi connectivity index (χ1n) is 12.3. The van der Waals surface area contributed by atoms with Crippen LogP contribution in [0.15, 0.2) is 23.8 Å². The van der Waals surface area contributed by atoms with Gasteiger partial charge in [-0.3, -0.25) is 23.4 Å². The maximum absolute atomic E-state index is 11.7. The highest BCUT2D eigenvalue weighted by atomic mass is 31.2. The van der Waals surface area contributed by atoms with E-state index in [0.717, 1.165) is 0 Å². The number of nitrogens with zero attached hydrogens (tertiary/aromatic N) is 7. The van der Waals surface area contributed by atoms with Gasteiger partial charge in [-0.15, -0.1) is 0 Å². The molecule has 0 aromatic carbocycles. The maximum atomic E-state index is 11.7. The summed E-state index contributed by atoms with van der Waals surface area (Å²) in [6.45, 7) is -1.04. The first-order chi connectivity index (χ1) is 20.3. The minimum atomic E-state index is -4.76. The van der Waals surface area contributed by atoms with Crippen molar-refractivity contribution in [3.8, 4) is 0 Å². The van der Waals surface area contributed by atoms with Crippen LogP contribution in [0.3, 0.4) is 0 Å². The number of aliphatic hydroxyl groups is 5. The highest BCUT2D eigenvalue weighted by molar-refractivity contribution is 7.46. The third kappa shape index (κ3) is 5.93. The van der Waals surface area contributed by atoms with Crippen molar-refractivity contribution in [3.63, 3.8) is 0 Å². The van der Waals surface area contributed by atoms with Crippen LogP contribution in [-0.2, 0) is 18.6 Å². The van der Waals surface area contributed by atoms with Crippen molar-refractivity contribution in [2.75, 3.05) is 24.7 Å². The number of aromatic nitrogens is 8. The quantitative estimate of drug-likeness (QED) is 0.0896. The molecule has 12 N–H and O–H groups in total. The standard InChI is InChI=1S/C10H14N5O8P.C10H13N5O4/c11-10-13-7-4(8(18)14-10)12-2-15(7)9-6(17)5(16)3(23-9)1-22-24(19,20)21;11-8-5-9(13-2-12-8)15(3-14-5)10-7(18)6(17)4(1-16)19-10/h2-3,5-6,9,16-17H,1H2,(H2,19,20,21)(H3,11,13,14,18);2-4,6-7,10,16-18H,1H2,(H2,11,12,13)/t3-,5-,6-,9-;4-,6-,7-,10-/m11/s1. The predicted octanol–water partition coefficient (Wildman–Crippen LogP) is -4.55. The van der Waals surface area contributed by atoms with Crippen LogP contribution in [0.25, 0.3) is 22.3 Å². The summed E-state index contributed by atoms with van der Waals surface area (Å²) in [5.74, 6) is 0.0409. The first-order valence-corrected chi connectivity index (χ1v) is 13.8. The number of anilines is 2. The largest absolute Gasteiger partial charge is 0.469 e. The zero-order valence-electron chi connectivity index (χ0n) is 21.7. The van der Waals surface area contributed by atoms with Crippen LogP contribution in [0.4, 0.5) is 11.8 Å². The van der Waals surface area contributed by atoms with Gasteiger partial charge in [0.15, 0.2) is 35.1 Å². The summed E-state index contributed by atoms with van der Waals surface area (Å²) < 4.78 is 28.4. The number of nitrogen functional groups attached to an aromatic ring is 2. The third-order valence-electron chi connectivity index (χ3n) is 6.65. The monoisotopic (exact) mass is 630 g/mol. The summed E-state index contributed by atoms with van der Waals surface area (Å²) in [6.07, 6.45) is -5.64. The van der Waals surface area contributed by atoms with E-state index in [9.17, 15) is 29.8 Å². The molecule has 43 heavy (non-hydrogen) atoms. The van der Waals surface area contributed by atoms with Crippen molar-refractivity contribution in [2.24, 2.45) is 0 Å². The zero-order valence-corrected chi connectivity index (χ0v) is 22.6. The average molecular weight is 630 g/mol. The van der Waals surface area contributed by atoms with Crippen molar-refractivity contribution in [3.05, 3.63) is 29.3 Å². The van der Waals surface area contributed by atoms with Gasteiger partial charge in [0.05, 0.1) is 25.9 Å². The minimum Gasteiger partial charge on any atom is -0.394 e. The molecule has 0 saturated carbocycles. The van der Waals surface area contributed by atoms with Crippen LogP contribution in [0.5, 0.6) is 0 Å². The molecular weight excluding hydrogens is 603 g/mol. The van der Waals surface area contributed by atoms with Crippen LogP contribution < -0.4 is 17.0 Å². The number of fused-ring (bicyclic) bond motifs is 2. The highest BCUT2D eigenvalue weighted by Crippen LogP contribution is 2.38. The lowest BCUT2D eigenvalue weighted by molar-refractivity contribution is -0.0511. The molecule has 2 aliphatic heterocycles. The van der Waals surface area contributed by atoms with Crippen molar-refractivity contribution in [1.29, 1.82) is 0 Å². The van der Waals surface area contributed by atoms with Crippen molar-refractivity contribution >= 4 is 41.9 Å². The first kappa shape index (κ1) is 30.8. The number of rotatable bonds is 6. The van der Waals surface area contributed by atoms with E-state index in [1.54, 1.807) is 0 Å². The molecule has 0 bridgehead atoms. The lowest BCUT2D eigenvalue weighted by Crippen LogP contribution is -2.33. The molecule has 4 aromatic heterocycles. The lowest BCUT2D eigenvalue weighted by Gasteiger charge is -2.16. The average Bonchev–Trinajstić information content (AvgIpc) is 3.70. The Balaban J connectivity index is 0.000000176. The smallest absolute Gasteiger partial charge is 0.394 e. The Morgan fingerprint density at radius 2 is 1.47 bits per heavy atom. The van der Waals surface area contributed by atoms with Gasteiger partial charge in [-0.25, -0.2) is 24.5 Å². The van der Waals surface area contributed by atoms with Gasteiger partial charge in [0.2, 0.25) is 5.95 Å². The van der Waals surface area contributed by atoms with E-state index in [2.05, 4.69) is 34.4 Å². The number of hydrogen-bond acceptors (Lipinski definition) is 17. The molecule has 2 aliphatic rings. The van der Waals surface area contributed by atoms with Gasteiger partial charge < -0.3 is 56.3 Å². The number of ether oxygens (including phenoxy) is 2. The highest BCUT2D eigenvalue weighted by Gasteiger charge is 2.46. The number of hydrogen-bond donors (Lipinski definition) is 10. The van der Waals surface area contributed by atoms with Gasteiger partial charge in [-0.2, -0.15) is 4.98 Å². The molecule has 6 rings (SSSR count). The summed E-state index contributed by atoms with van der Waals surface area (Å²) in [5.41, 5.74) is 11.3. The number of aromatic amines is 1. The normalized spacial score (nSPS) is 29.3. The van der Waals surface area contributed by atoms with Gasteiger partial charge in [0.1, 0.15) is 48.5 Å². The second-order valence-corrected chi connectivity index (χ2v) is 10.7. The minimum absolute atomic E-state index is 0.0176. The number of H-pyrrole nitrogens is 1. The third-order valence-corrected chi connectivity index (χ3v) is 7.13. The van der Waals surface area contributed by atoms with E-state index in [1.807, 2.05) is 0 Å². The maximum Gasteiger partial charge on any atom is 0.469 e. The Morgan fingerprint density at radius 1 is 0.884 bits per heavy atom. The number of nitrogens with two attached hydrogens (primary N) is 2. The number of nitrogens with one attached hydrogen (secondary N) is 1. The molecule has 0 spiro atoms. The van der Waals surface area contributed by atoms with E-state index in [0.29, 0.717) is 11.2 Å². The number of phosphoric acid groups is 1. The van der Waals surface area contributed by atoms with Crippen molar-refractivity contribution in [1.82, 2.24) is 39.0 Å². The Morgan fingerprint density at radius 3 is 2.07 bits per heavy atom. The van der Waals surface area contributed by atoms with E-state index in [-0.39, 0.29) is 22.9 Å². The SMILES string of the molecule is Nc1nc2c(ncn2[C@@H]2O[C@H](COP(=O)(O)O)[C@@H](O)[C@H]2O)c(=O)[nH]1.Nc1ncnc2c1ncn2[C@@H]1O[C@H](CO)[C@@H](O)[C@H]1O. The molecule has 6 heterocycles. The lowest BCUT2D eigenvalue weighted by atomic mass is 10.1. The van der Waals surface area contributed by atoms with Gasteiger partial charge >= 0.3 is 7.82 Å². The fraction of sp³-hybridized carbons (Fsp3) is 0.500. The molecule has 22 nitrogen and oxygen atoms in total. The van der Waals surface area contributed by atoms with E-state index >= 15 is 0 Å². The van der Waals surface area contributed by atoms with E-state index in [1.165, 1.54) is 28.1 Å². The zero-order chi connectivity index (χ0) is 31.2. The van der Waals surface area contributed by atoms with Crippen molar-refractivity contribution in [2.45, 2.75) is 49.1 Å². The van der Waals surface area contributed by atoms with Crippen LogP contribution in [0.2, 0.25) is 0 Å². The predicted molar refractivity (Wildman–Crippen MR) is 139 cm³/mol. The topological polar surface area (TPSA) is 346 Å². The molecule has 4 aromatic rings. The summed E-state index contributed by atoms with van der Waals surface area (Å²) >= 11 is 0.